The number of amides is 2. The largest absolute Gasteiger partial charge is 0.497 e. The second-order valence-corrected chi connectivity index (χ2v) is 11.0. The van der Waals surface area contributed by atoms with Gasteiger partial charge in [-0.25, -0.2) is 0 Å². The molecule has 1 heterocycles. The van der Waals surface area contributed by atoms with Crippen molar-refractivity contribution in [2.75, 3.05) is 41.0 Å². The summed E-state index contributed by atoms with van der Waals surface area (Å²) in [4.78, 5) is 33.0. The Morgan fingerprint density at radius 2 is 1.66 bits per heavy atom. The van der Waals surface area contributed by atoms with E-state index in [1.54, 1.807) is 61.8 Å². The second-order valence-electron chi connectivity index (χ2n) is 9.58. The number of methoxy groups -OCH3 is 3. The van der Waals surface area contributed by atoms with E-state index in [0.29, 0.717) is 48.9 Å². The molecular weight excluding hydrogens is 500 g/mol. The number of rotatable bonds is 13. The molecule has 0 bridgehead atoms. The minimum Gasteiger partial charge on any atom is -0.497 e. The minimum atomic E-state index is -0.183. The molecule has 38 heavy (non-hydrogen) atoms. The fraction of sp³-hybridized carbons (Fsp3) is 0.400. The predicted molar refractivity (Wildman–Crippen MR) is 151 cm³/mol. The average molecular weight is 539 g/mol. The molecule has 0 saturated carbocycles. The summed E-state index contributed by atoms with van der Waals surface area (Å²) in [6, 6.07) is 17.0. The first-order valence-corrected chi connectivity index (χ1v) is 13.5. The quantitative estimate of drug-likeness (QED) is 0.289. The molecule has 0 atom stereocenters. The van der Waals surface area contributed by atoms with Gasteiger partial charge in [0.2, 0.25) is 5.91 Å². The predicted octanol–water partition coefficient (Wildman–Crippen LogP) is 5.45. The highest BCUT2D eigenvalue weighted by atomic mass is 32.1. The maximum atomic E-state index is 13.7. The highest BCUT2D eigenvalue weighted by Crippen LogP contribution is 2.28. The molecule has 0 unspecified atom stereocenters. The highest BCUT2D eigenvalue weighted by Gasteiger charge is 2.24. The van der Waals surface area contributed by atoms with E-state index in [0.717, 1.165) is 10.4 Å². The molecule has 0 aliphatic heterocycles. The van der Waals surface area contributed by atoms with Gasteiger partial charge in [-0.3, -0.25) is 9.59 Å². The van der Waals surface area contributed by atoms with Gasteiger partial charge < -0.3 is 24.0 Å². The summed E-state index contributed by atoms with van der Waals surface area (Å²) >= 11 is 1.68. The number of ether oxygens (including phenoxy) is 3. The van der Waals surface area contributed by atoms with Crippen LogP contribution >= 0.6 is 11.3 Å². The molecule has 3 aromatic rings. The van der Waals surface area contributed by atoms with Crippen molar-refractivity contribution < 1.29 is 23.8 Å². The zero-order valence-corrected chi connectivity index (χ0v) is 24.0. The number of benzene rings is 2. The molecule has 1 aromatic heterocycles. The first kappa shape index (κ1) is 29.0. The zero-order chi connectivity index (χ0) is 27.7. The Morgan fingerprint density at radius 1 is 0.895 bits per heavy atom. The molecule has 0 aliphatic carbocycles. The summed E-state index contributed by atoms with van der Waals surface area (Å²) in [6.45, 7) is 7.62. The molecule has 7 nitrogen and oxygen atoms in total. The van der Waals surface area contributed by atoms with Crippen LogP contribution in [0.4, 0.5) is 0 Å². The van der Waals surface area contributed by atoms with E-state index in [1.807, 2.05) is 36.9 Å². The molecule has 0 aliphatic rings. The molecule has 2 amide bonds. The van der Waals surface area contributed by atoms with Gasteiger partial charge in [0.1, 0.15) is 12.3 Å². The molecule has 204 valence electrons. The minimum absolute atomic E-state index is 0.00448. The van der Waals surface area contributed by atoms with Crippen molar-refractivity contribution in [3.8, 4) is 17.2 Å². The van der Waals surface area contributed by atoms with Crippen molar-refractivity contribution in [1.29, 1.82) is 0 Å². The molecule has 0 spiro atoms. The smallest absolute Gasteiger partial charge is 0.254 e. The van der Waals surface area contributed by atoms with Gasteiger partial charge in [0.05, 0.1) is 27.9 Å². The summed E-state index contributed by atoms with van der Waals surface area (Å²) in [5.74, 6) is 1.86. The van der Waals surface area contributed by atoms with Crippen LogP contribution in [0.15, 0.2) is 54.6 Å². The van der Waals surface area contributed by atoms with Gasteiger partial charge >= 0.3 is 0 Å². The summed E-state index contributed by atoms with van der Waals surface area (Å²) in [7, 11) is 4.79. The Balaban J connectivity index is 1.81. The number of hydrogen-bond donors (Lipinski definition) is 0. The summed E-state index contributed by atoms with van der Waals surface area (Å²) in [6.07, 6.45) is 0.643. The monoisotopic (exact) mass is 538 g/mol. The highest BCUT2D eigenvalue weighted by molar-refractivity contribution is 7.11. The van der Waals surface area contributed by atoms with Gasteiger partial charge in [-0.2, -0.15) is 0 Å². The van der Waals surface area contributed by atoms with Gasteiger partial charge in [0, 0.05) is 28.4 Å². The zero-order valence-electron chi connectivity index (χ0n) is 23.2. The van der Waals surface area contributed by atoms with E-state index in [2.05, 4.69) is 19.1 Å². The Hall–Kier alpha value is -3.52. The van der Waals surface area contributed by atoms with Crippen molar-refractivity contribution in [3.63, 3.8) is 0 Å². The lowest BCUT2D eigenvalue weighted by atomic mass is 10.1. The van der Waals surface area contributed by atoms with Crippen LogP contribution in [0.2, 0.25) is 0 Å². The van der Waals surface area contributed by atoms with Crippen molar-refractivity contribution in [1.82, 2.24) is 9.80 Å². The number of carbonyl (C=O) groups is 2. The molecule has 3 rings (SSSR count). The van der Waals surface area contributed by atoms with Gasteiger partial charge in [-0.15, -0.1) is 11.3 Å². The molecule has 0 saturated heterocycles. The van der Waals surface area contributed by atoms with E-state index in [-0.39, 0.29) is 24.3 Å². The second kappa shape index (κ2) is 13.9. The van der Waals surface area contributed by atoms with E-state index in [9.17, 15) is 9.59 Å². The van der Waals surface area contributed by atoms with E-state index in [4.69, 9.17) is 14.2 Å². The fourth-order valence-electron chi connectivity index (χ4n) is 4.21. The number of thiophene rings is 1. The maximum absolute atomic E-state index is 13.7. The van der Waals surface area contributed by atoms with Crippen LogP contribution in [-0.4, -0.2) is 62.6 Å². The lowest BCUT2D eigenvalue weighted by molar-refractivity contribution is -0.132. The lowest BCUT2D eigenvalue weighted by Gasteiger charge is -2.29. The van der Waals surface area contributed by atoms with Crippen LogP contribution in [0.3, 0.4) is 0 Å². The van der Waals surface area contributed by atoms with E-state index in [1.165, 1.54) is 4.88 Å². The third-order valence-corrected chi connectivity index (χ3v) is 7.11. The first-order chi connectivity index (χ1) is 18.2. The summed E-state index contributed by atoms with van der Waals surface area (Å²) in [5, 5.41) is 0. The molecule has 8 heteroatoms. The van der Waals surface area contributed by atoms with Gasteiger partial charge in [-0.05, 0) is 67.3 Å². The molecule has 0 radical (unpaired) electrons. The molecular formula is C30H38N2O5S. The van der Waals surface area contributed by atoms with Crippen LogP contribution in [-0.2, 0) is 17.8 Å². The van der Waals surface area contributed by atoms with Crippen LogP contribution in [0, 0.1) is 12.8 Å². The Kier molecular flexibility index (Phi) is 10.6. The Labute approximate surface area is 229 Å². The maximum Gasteiger partial charge on any atom is 0.254 e. The fourth-order valence-corrected chi connectivity index (χ4v) is 5.12. The van der Waals surface area contributed by atoms with Gasteiger partial charge in [0.25, 0.3) is 5.91 Å². The van der Waals surface area contributed by atoms with Crippen molar-refractivity contribution in [2.24, 2.45) is 5.92 Å². The molecule has 0 fully saturated rings. The van der Waals surface area contributed by atoms with Gasteiger partial charge in [0.15, 0.2) is 11.5 Å². The van der Waals surface area contributed by atoms with Crippen molar-refractivity contribution in [2.45, 2.75) is 33.7 Å². The SMILES string of the molecule is COc1cccc(C(=O)N(CC(=O)N(CCc2ccc(OC)c(OC)c2)Cc2ccc(C)s2)CC(C)C)c1. The van der Waals surface area contributed by atoms with Gasteiger partial charge in [-0.1, -0.05) is 26.0 Å². The third kappa shape index (κ3) is 7.99. The normalized spacial score (nSPS) is 10.8. The number of nitrogens with zero attached hydrogens (tertiary/aromatic N) is 2. The lowest BCUT2D eigenvalue weighted by Crippen LogP contribution is -2.44. The van der Waals surface area contributed by atoms with Crippen LogP contribution in [0.25, 0.3) is 0 Å². The average Bonchev–Trinajstić information content (AvgIpc) is 3.33. The molecule has 0 N–H and O–H groups in total. The topological polar surface area (TPSA) is 68.3 Å². The first-order valence-electron chi connectivity index (χ1n) is 12.7. The van der Waals surface area contributed by atoms with Crippen molar-refractivity contribution >= 4 is 23.2 Å². The van der Waals surface area contributed by atoms with Crippen molar-refractivity contribution in [3.05, 3.63) is 75.5 Å². The Bertz CT molecular complexity index is 1220. The summed E-state index contributed by atoms with van der Waals surface area (Å²) in [5.41, 5.74) is 1.54. The standard InChI is InChI=1S/C30H38N2O5S/c1-21(2)18-32(30(34)24-8-7-9-25(17-24)35-4)20-29(33)31(19-26-12-10-22(3)38-26)15-14-23-11-13-27(36-5)28(16-23)37-6/h7-13,16-17,21H,14-15,18-20H2,1-6H3. The van der Waals surface area contributed by atoms with Crippen LogP contribution < -0.4 is 14.2 Å². The number of hydrogen-bond acceptors (Lipinski definition) is 6. The third-order valence-electron chi connectivity index (χ3n) is 6.13. The van der Waals surface area contributed by atoms with Crippen LogP contribution in [0.1, 0.15) is 39.5 Å². The number of aryl methyl sites for hydroxylation is 1. The Morgan fingerprint density at radius 3 is 2.29 bits per heavy atom. The number of carbonyl (C=O) groups excluding carboxylic acids is 2. The van der Waals surface area contributed by atoms with Crippen LogP contribution in [0.5, 0.6) is 17.2 Å². The van der Waals surface area contributed by atoms with E-state index >= 15 is 0 Å². The molecule has 2 aromatic carbocycles. The van der Waals surface area contributed by atoms with E-state index < -0.39 is 0 Å². The summed E-state index contributed by atoms with van der Waals surface area (Å²) < 4.78 is 16.1.